The smallest absolute Gasteiger partial charge is 0.0464 e. The number of fused-ring (bicyclic) bond motifs is 1. The minimum atomic E-state index is 0.426. The van der Waals surface area contributed by atoms with E-state index in [1.165, 1.54) is 25.7 Å². The molecular formula is C10H16O. The first-order chi connectivity index (χ1) is 5.43. The van der Waals surface area contributed by atoms with Gasteiger partial charge in [0.2, 0.25) is 0 Å². The van der Waals surface area contributed by atoms with Crippen LogP contribution in [0.25, 0.3) is 0 Å². The maximum atomic E-state index is 9.00. The molecule has 1 unspecified atom stereocenters. The van der Waals surface area contributed by atoms with E-state index in [9.17, 15) is 0 Å². The number of hydrogen-bond acceptors (Lipinski definition) is 1. The Bertz CT molecular complexity index is 146. The standard InChI is InChI=1S/C10H16O/c11-7-10-8-5-3-1-2-4-6-9(8)10/h1-2,8-11H,3-7H2/b2-1+/t8-,9+,10?. The van der Waals surface area contributed by atoms with Crippen LogP contribution in [0.5, 0.6) is 0 Å². The summed E-state index contributed by atoms with van der Waals surface area (Å²) in [5.41, 5.74) is 0. The highest BCUT2D eigenvalue weighted by molar-refractivity contribution is 5.00. The number of aliphatic hydroxyl groups is 1. The van der Waals surface area contributed by atoms with Crippen LogP contribution >= 0.6 is 0 Å². The Morgan fingerprint density at radius 1 is 1.09 bits per heavy atom. The molecule has 0 amide bonds. The van der Waals surface area contributed by atoms with Crippen LogP contribution < -0.4 is 0 Å². The van der Waals surface area contributed by atoms with Crippen molar-refractivity contribution >= 4 is 0 Å². The molecule has 0 bridgehead atoms. The van der Waals surface area contributed by atoms with E-state index in [2.05, 4.69) is 12.2 Å². The molecule has 11 heavy (non-hydrogen) atoms. The third kappa shape index (κ3) is 1.34. The lowest BCUT2D eigenvalue weighted by molar-refractivity contribution is 0.262. The van der Waals surface area contributed by atoms with Crippen LogP contribution in [0.2, 0.25) is 0 Å². The van der Waals surface area contributed by atoms with Gasteiger partial charge in [-0.1, -0.05) is 12.2 Å². The van der Waals surface area contributed by atoms with Gasteiger partial charge in [-0.15, -0.1) is 0 Å². The van der Waals surface area contributed by atoms with Gasteiger partial charge >= 0.3 is 0 Å². The fourth-order valence-electron chi connectivity index (χ4n) is 2.46. The molecule has 2 aliphatic rings. The minimum absolute atomic E-state index is 0.426. The van der Waals surface area contributed by atoms with E-state index >= 15 is 0 Å². The zero-order chi connectivity index (χ0) is 7.68. The quantitative estimate of drug-likeness (QED) is 0.569. The van der Waals surface area contributed by atoms with Gasteiger partial charge in [0.05, 0.1) is 0 Å². The second-order valence-electron chi connectivity index (χ2n) is 3.80. The molecule has 0 aromatic heterocycles. The Balaban J connectivity index is 1.91. The summed E-state index contributed by atoms with van der Waals surface area (Å²) in [7, 11) is 0. The van der Waals surface area contributed by atoms with Crippen LogP contribution in [-0.4, -0.2) is 11.7 Å². The molecule has 0 spiro atoms. The molecule has 1 fully saturated rings. The van der Waals surface area contributed by atoms with Gasteiger partial charge in [-0.3, -0.25) is 0 Å². The molecule has 62 valence electrons. The molecule has 0 saturated heterocycles. The van der Waals surface area contributed by atoms with E-state index in [1.54, 1.807) is 0 Å². The predicted molar refractivity (Wildman–Crippen MR) is 45.2 cm³/mol. The third-order valence-electron chi connectivity index (χ3n) is 3.22. The van der Waals surface area contributed by atoms with Crippen LogP contribution in [-0.2, 0) is 0 Å². The molecule has 0 radical (unpaired) electrons. The lowest BCUT2D eigenvalue weighted by atomic mass is 10.1. The van der Waals surface area contributed by atoms with Crippen LogP contribution in [0.15, 0.2) is 12.2 Å². The van der Waals surface area contributed by atoms with Crippen LogP contribution in [0, 0.1) is 17.8 Å². The van der Waals surface area contributed by atoms with E-state index < -0.39 is 0 Å². The van der Waals surface area contributed by atoms with Gasteiger partial charge in [-0.05, 0) is 43.4 Å². The molecular weight excluding hydrogens is 136 g/mol. The lowest BCUT2D eigenvalue weighted by Gasteiger charge is -1.99. The highest BCUT2D eigenvalue weighted by Gasteiger charge is 2.47. The van der Waals surface area contributed by atoms with E-state index in [0.717, 1.165) is 11.8 Å². The number of aliphatic hydroxyl groups excluding tert-OH is 1. The van der Waals surface area contributed by atoms with E-state index in [-0.39, 0.29) is 0 Å². The lowest BCUT2D eigenvalue weighted by Crippen LogP contribution is -1.88. The summed E-state index contributed by atoms with van der Waals surface area (Å²) < 4.78 is 0. The van der Waals surface area contributed by atoms with Crippen molar-refractivity contribution in [2.75, 3.05) is 6.61 Å². The van der Waals surface area contributed by atoms with Gasteiger partial charge in [-0.25, -0.2) is 0 Å². The Morgan fingerprint density at radius 3 is 2.09 bits per heavy atom. The molecule has 0 aromatic rings. The van der Waals surface area contributed by atoms with E-state index in [0.29, 0.717) is 12.5 Å². The largest absolute Gasteiger partial charge is 0.396 e. The molecule has 1 saturated carbocycles. The van der Waals surface area contributed by atoms with Gasteiger partial charge in [-0.2, -0.15) is 0 Å². The van der Waals surface area contributed by atoms with Crippen LogP contribution in [0.4, 0.5) is 0 Å². The van der Waals surface area contributed by atoms with Crippen molar-refractivity contribution in [3.05, 3.63) is 12.2 Å². The van der Waals surface area contributed by atoms with Crippen molar-refractivity contribution < 1.29 is 5.11 Å². The van der Waals surface area contributed by atoms with Crippen molar-refractivity contribution in [3.63, 3.8) is 0 Å². The molecule has 3 atom stereocenters. The molecule has 2 rings (SSSR count). The fraction of sp³-hybridized carbons (Fsp3) is 0.800. The normalized spacial score (nSPS) is 45.4. The molecule has 1 nitrogen and oxygen atoms in total. The predicted octanol–water partition coefficient (Wildman–Crippen LogP) is 1.97. The zero-order valence-corrected chi connectivity index (χ0v) is 6.87. The molecule has 1 heteroatoms. The van der Waals surface area contributed by atoms with Crippen LogP contribution in [0.1, 0.15) is 25.7 Å². The molecule has 0 aliphatic heterocycles. The topological polar surface area (TPSA) is 20.2 Å². The van der Waals surface area contributed by atoms with E-state index in [1.807, 2.05) is 0 Å². The second-order valence-corrected chi connectivity index (χ2v) is 3.80. The highest BCUT2D eigenvalue weighted by atomic mass is 16.3. The number of hydrogen-bond donors (Lipinski definition) is 1. The molecule has 1 N–H and O–H groups in total. The Morgan fingerprint density at radius 2 is 1.64 bits per heavy atom. The highest BCUT2D eigenvalue weighted by Crippen LogP contribution is 2.52. The molecule has 2 aliphatic carbocycles. The maximum Gasteiger partial charge on any atom is 0.0464 e. The SMILES string of the molecule is OCC1[C@H]2CC/C=C/CC[C@@H]12. The number of allylic oxidation sites excluding steroid dienone is 2. The molecule has 0 heterocycles. The van der Waals surface area contributed by atoms with Crippen LogP contribution in [0.3, 0.4) is 0 Å². The Kier molecular flexibility index (Phi) is 1.99. The summed E-state index contributed by atoms with van der Waals surface area (Å²) in [6.07, 6.45) is 9.68. The zero-order valence-electron chi connectivity index (χ0n) is 6.87. The average Bonchev–Trinajstić information content (AvgIpc) is 2.60. The summed E-state index contributed by atoms with van der Waals surface area (Å²) in [6, 6.07) is 0. The minimum Gasteiger partial charge on any atom is -0.396 e. The van der Waals surface area contributed by atoms with E-state index in [4.69, 9.17) is 5.11 Å². The average molecular weight is 152 g/mol. The molecule has 0 aromatic carbocycles. The van der Waals surface area contributed by atoms with Gasteiger partial charge in [0, 0.05) is 6.61 Å². The van der Waals surface area contributed by atoms with Gasteiger partial charge in [0.1, 0.15) is 0 Å². The van der Waals surface area contributed by atoms with Gasteiger partial charge in [0.25, 0.3) is 0 Å². The first kappa shape index (κ1) is 7.35. The van der Waals surface area contributed by atoms with Crippen molar-refractivity contribution in [3.8, 4) is 0 Å². The monoisotopic (exact) mass is 152 g/mol. The maximum absolute atomic E-state index is 9.00. The Labute approximate surface area is 68.1 Å². The van der Waals surface area contributed by atoms with Gasteiger partial charge in [0.15, 0.2) is 0 Å². The van der Waals surface area contributed by atoms with Crippen molar-refractivity contribution in [2.45, 2.75) is 25.7 Å². The second kappa shape index (κ2) is 2.98. The first-order valence-corrected chi connectivity index (χ1v) is 4.69. The third-order valence-corrected chi connectivity index (χ3v) is 3.22. The number of rotatable bonds is 1. The Hall–Kier alpha value is -0.300. The van der Waals surface area contributed by atoms with Crippen molar-refractivity contribution in [2.24, 2.45) is 17.8 Å². The summed E-state index contributed by atoms with van der Waals surface area (Å²) in [5, 5.41) is 9.00. The first-order valence-electron chi connectivity index (χ1n) is 4.69. The summed E-state index contributed by atoms with van der Waals surface area (Å²) in [6.45, 7) is 0.426. The van der Waals surface area contributed by atoms with Crippen molar-refractivity contribution in [1.29, 1.82) is 0 Å². The summed E-state index contributed by atoms with van der Waals surface area (Å²) in [5.74, 6) is 2.39. The fourth-order valence-corrected chi connectivity index (χ4v) is 2.46. The summed E-state index contributed by atoms with van der Waals surface area (Å²) >= 11 is 0. The van der Waals surface area contributed by atoms with Crippen molar-refractivity contribution in [1.82, 2.24) is 0 Å². The van der Waals surface area contributed by atoms with Gasteiger partial charge < -0.3 is 5.11 Å². The summed E-state index contributed by atoms with van der Waals surface area (Å²) in [4.78, 5) is 0.